The Kier molecular flexibility index (Phi) is 7.61. The predicted molar refractivity (Wildman–Crippen MR) is 126 cm³/mol. The molecule has 3 aliphatic rings. The summed E-state index contributed by atoms with van der Waals surface area (Å²) in [5.41, 5.74) is 9.94. The summed E-state index contributed by atoms with van der Waals surface area (Å²) in [4.78, 5) is 0. The van der Waals surface area contributed by atoms with Crippen LogP contribution >= 0.6 is 31.9 Å². The summed E-state index contributed by atoms with van der Waals surface area (Å²) >= 11 is 7.20. The van der Waals surface area contributed by atoms with Crippen molar-refractivity contribution < 1.29 is 48.0 Å². The van der Waals surface area contributed by atoms with Gasteiger partial charge in [0.25, 0.3) is 0 Å². The summed E-state index contributed by atoms with van der Waals surface area (Å²) in [6.07, 6.45) is 0. The SMILES string of the molecule is CC[Si]1(CC)C2=C(C)[CH]([Zr+2][CH]3C(C)=C1c1c(Br)cccc13)c1cccc(Br)c12.[Cl-].[Cl-]. The molecule has 1 heterocycles. The average molecular weight is 662 g/mol. The zero-order valence-electron chi connectivity index (χ0n) is 17.5. The monoisotopic (exact) mass is 658 g/mol. The fourth-order valence-corrected chi connectivity index (χ4v) is 18.7. The van der Waals surface area contributed by atoms with Gasteiger partial charge in [0.15, 0.2) is 0 Å². The van der Waals surface area contributed by atoms with Gasteiger partial charge >= 0.3 is 199 Å². The molecule has 0 amide bonds. The van der Waals surface area contributed by atoms with Crippen molar-refractivity contribution >= 4 is 50.3 Å². The molecule has 0 aromatic heterocycles. The molecule has 0 spiro atoms. The second-order valence-electron chi connectivity index (χ2n) is 8.35. The van der Waals surface area contributed by atoms with Gasteiger partial charge in [0.05, 0.1) is 0 Å². The molecule has 2 aliphatic carbocycles. The van der Waals surface area contributed by atoms with Gasteiger partial charge in [0.2, 0.25) is 0 Å². The minimum absolute atomic E-state index is 0. The summed E-state index contributed by atoms with van der Waals surface area (Å²) < 4.78 is 4.09. The molecule has 0 radical (unpaired) electrons. The first-order valence-electron chi connectivity index (χ1n) is 10.2. The van der Waals surface area contributed by atoms with E-state index in [1.54, 1.807) is 43.8 Å². The maximum atomic E-state index is 3.97. The Morgan fingerprint density at radius 3 is 1.53 bits per heavy atom. The molecule has 6 heteroatoms. The van der Waals surface area contributed by atoms with Crippen LogP contribution in [0.25, 0.3) is 10.4 Å². The smallest absolute Gasteiger partial charge is 1.00 e. The van der Waals surface area contributed by atoms with Crippen molar-refractivity contribution in [2.45, 2.75) is 47.0 Å². The maximum absolute atomic E-state index is 3.97. The van der Waals surface area contributed by atoms with Crippen molar-refractivity contribution in [3.8, 4) is 0 Å². The van der Waals surface area contributed by atoms with Crippen molar-refractivity contribution in [3.63, 3.8) is 0 Å². The molecule has 0 nitrogen and oxygen atoms in total. The number of hydrogen-bond acceptors (Lipinski definition) is 0. The van der Waals surface area contributed by atoms with Crippen molar-refractivity contribution in [2.75, 3.05) is 0 Å². The molecule has 0 saturated carbocycles. The van der Waals surface area contributed by atoms with Gasteiger partial charge in [-0.2, -0.15) is 0 Å². The topological polar surface area (TPSA) is 0 Å². The van der Waals surface area contributed by atoms with Gasteiger partial charge in [-0.3, -0.25) is 0 Å². The van der Waals surface area contributed by atoms with E-state index in [4.69, 9.17) is 0 Å². The first kappa shape index (κ1) is 25.2. The second-order valence-corrected chi connectivity index (χ2v) is 18.3. The van der Waals surface area contributed by atoms with Crippen LogP contribution in [-0.2, 0) is 23.2 Å². The van der Waals surface area contributed by atoms with E-state index in [1.807, 2.05) is 0 Å². The molecule has 30 heavy (non-hydrogen) atoms. The van der Waals surface area contributed by atoms with Gasteiger partial charge < -0.3 is 24.8 Å². The minimum Gasteiger partial charge on any atom is -1.00 e. The van der Waals surface area contributed by atoms with E-state index < -0.39 is 31.3 Å². The summed E-state index contributed by atoms with van der Waals surface area (Å²) in [5.74, 6) is 0. The Hall–Kier alpha value is 0.560. The van der Waals surface area contributed by atoms with Crippen LogP contribution in [0.3, 0.4) is 0 Å². The van der Waals surface area contributed by atoms with E-state index in [9.17, 15) is 0 Å². The van der Waals surface area contributed by atoms with Crippen LogP contribution in [0.1, 0.15) is 57.2 Å². The predicted octanol–water partition coefficient (Wildman–Crippen LogP) is 2.24. The number of allylic oxidation sites excluding steroid dienone is 2. The summed E-state index contributed by atoms with van der Waals surface area (Å²) in [6.45, 7) is 9.90. The molecule has 5 rings (SSSR count). The van der Waals surface area contributed by atoms with Gasteiger partial charge in [0, 0.05) is 0 Å². The molecule has 2 unspecified atom stereocenters. The zero-order chi connectivity index (χ0) is 19.8. The van der Waals surface area contributed by atoms with Gasteiger partial charge in [-0.15, -0.1) is 0 Å². The largest absolute Gasteiger partial charge is 1.00 e. The molecule has 1 aliphatic heterocycles. The minimum atomic E-state index is -1.85. The van der Waals surface area contributed by atoms with Gasteiger partial charge in [-0.05, 0) is 0 Å². The van der Waals surface area contributed by atoms with Crippen molar-refractivity contribution in [1.82, 2.24) is 0 Å². The number of hydrogen-bond donors (Lipinski definition) is 0. The van der Waals surface area contributed by atoms with Crippen LogP contribution in [0, 0.1) is 0 Å². The van der Waals surface area contributed by atoms with Crippen LogP contribution in [-0.4, -0.2) is 8.07 Å². The van der Waals surface area contributed by atoms with Crippen LogP contribution in [0.4, 0.5) is 0 Å². The quantitative estimate of drug-likeness (QED) is 0.434. The number of benzene rings is 2. The van der Waals surface area contributed by atoms with Gasteiger partial charge in [-0.25, -0.2) is 0 Å². The van der Waals surface area contributed by atoms with Crippen LogP contribution < -0.4 is 24.8 Å². The van der Waals surface area contributed by atoms with Crippen molar-refractivity contribution in [3.05, 3.63) is 78.7 Å². The van der Waals surface area contributed by atoms with E-state index in [-0.39, 0.29) is 24.8 Å². The van der Waals surface area contributed by atoms with E-state index in [2.05, 4.69) is 96.0 Å². The standard InChI is InChI=1S/C24H24Br2Si.2ClH.Zr/c1-5-27(6-2,23-15(3)13-17-9-7-11-19(25)21(17)23)24-16(4)14-18-10-8-12-20(26)22(18)24;;;/h7-14H,5-6H2,1-4H3;2*1H;/q;;;+2/p-2. The number of halogens is 4. The third-order valence-electron chi connectivity index (χ3n) is 7.37. The van der Waals surface area contributed by atoms with Crippen molar-refractivity contribution in [2.24, 2.45) is 0 Å². The Balaban J connectivity index is 0.00000128. The zero-order valence-corrected chi connectivity index (χ0v) is 25.7. The molecule has 2 aromatic rings. The van der Waals surface area contributed by atoms with Gasteiger partial charge in [-0.1, -0.05) is 0 Å². The Morgan fingerprint density at radius 1 is 0.767 bits per heavy atom. The maximum Gasteiger partial charge on any atom is -1.00 e. The van der Waals surface area contributed by atoms with E-state index in [0.29, 0.717) is 0 Å². The molecule has 0 N–H and O–H groups in total. The fraction of sp³-hybridized carbons (Fsp3) is 0.333. The third-order valence-corrected chi connectivity index (χ3v) is 19.6. The van der Waals surface area contributed by atoms with Crippen LogP contribution in [0.15, 0.2) is 56.5 Å². The Labute approximate surface area is 222 Å². The van der Waals surface area contributed by atoms with Crippen LogP contribution in [0.2, 0.25) is 12.1 Å². The molecule has 0 saturated heterocycles. The fourth-order valence-electron chi connectivity index (χ4n) is 6.15. The normalized spacial score (nSPS) is 22.1. The average Bonchev–Trinajstić information content (AvgIpc) is 3.15. The summed E-state index contributed by atoms with van der Waals surface area (Å²) in [5, 5.41) is 3.56. The Bertz CT molecular complexity index is 1010. The molecule has 2 aromatic carbocycles. The third kappa shape index (κ3) is 3.18. The molecule has 0 fully saturated rings. The first-order valence-corrected chi connectivity index (χ1v) is 17.1. The number of rotatable bonds is 2. The van der Waals surface area contributed by atoms with E-state index >= 15 is 0 Å². The Morgan fingerprint density at radius 2 is 1.17 bits per heavy atom. The van der Waals surface area contributed by atoms with Crippen molar-refractivity contribution in [1.29, 1.82) is 0 Å². The molecular weight excluding hydrogens is 638 g/mol. The van der Waals surface area contributed by atoms with Gasteiger partial charge in [0.1, 0.15) is 0 Å². The summed E-state index contributed by atoms with van der Waals surface area (Å²) in [6, 6.07) is 16.5. The van der Waals surface area contributed by atoms with Crippen LogP contribution in [0.5, 0.6) is 0 Å². The molecule has 156 valence electrons. The second kappa shape index (κ2) is 9.07. The van der Waals surface area contributed by atoms with E-state index in [0.717, 1.165) is 7.25 Å². The molecule has 2 atom stereocenters. The molecule has 4 bridgehead atoms. The summed E-state index contributed by atoms with van der Waals surface area (Å²) in [7, 11) is -1.85. The first-order chi connectivity index (χ1) is 13.5. The number of fused-ring (bicyclic) bond motifs is 8. The van der Waals surface area contributed by atoms with E-state index in [1.165, 1.54) is 21.0 Å². The molecular formula is C24H24Br2Cl2SiZr.